The fraction of sp³-hybridized carbons (Fsp3) is 1.00. The maximum absolute atomic E-state index is 5.70. The van der Waals surface area contributed by atoms with Crippen molar-refractivity contribution in [1.82, 2.24) is 4.90 Å². The average molecular weight is 214 g/mol. The van der Waals surface area contributed by atoms with Crippen LogP contribution in [-0.2, 0) is 4.74 Å². The van der Waals surface area contributed by atoms with Crippen molar-refractivity contribution in [2.24, 2.45) is 17.6 Å². The lowest BCUT2D eigenvalue weighted by Crippen LogP contribution is -2.41. The van der Waals surface area contributed by atoms with Gasteiger partial charge in [0.1, 0.15) is 0 Å². The summed E-state index contributed by atoms with van der Waals surface area (Å²) >= 11 is 0. The fourth-order valence-corrected chi connectivity index (χ4v) is 2.13. The van der Waals surface area contributed by atoms with Crippen LogP contribution in [0.4, 0.5) is 0 Å². The van der Waals surface area contributed by atoms with Crippen LogP contribution in [0.1, 0.15) is 26.7 Å². The summed E-state index contributed by atoms with van der Waals surface area (Å²) in [4.78, 5) is 2.45. The Hall–Kier alpha value is -0.120. The largest absolute Gasteiger partial charge is 0.381 e. The molecule has 0 spiro atoms. The molecule has 2 N–H and O–H groups in total. The minimum absolute atomic E-state index is 0.579. The molecule has 3 nitrogen and oxygen atoms in total. The van der Waals surface area contributed by atoms with Gasteiger partial charge in [0.25, 0.3) is 0 Å². The Morgan fingerprint density at radius 1 is 1.33 bits per heavy atom. The van der Waals surface area contributed by atoms with Crippen LogP contribution < -0.4 is 5.73 Å². The molecule has 1 aliphatic heterocycles. The minimum atomic E-state index is 0.579. The zero-order chi connectivity index (χ0) is 11.3. The molecule has 0 bridgehead atoms. The Bertz CT molecular complexity index is 169. The van der Waals surface area contributed by atoms with E-state index in [0.29, 0.717) is 12.0 Å². The van der Waals surface area contributed by atoms with Gasteiger partial charge in [0.15, 0.2) is 0 Å². The molecule has 0 aliphatic carbocycles. The van der Waals surface area contributed by atoms with E-state index in [2.05, 4.69) is 25.8 Å². The van der Waals surface area contributed by atoms with Crippen molar-refractivity contribution < 1.29 is 4.74 Å². The highest BCUT2D eigenvalue weighted by Crippen LogP contribution is 2.18. The third-order valence-corrected chi connectivity index (χ3v) is 3.78. The first-order valence-electron chi connectivity index (χ1n) is 6.13. The third-order valence-electron chi connectivity index (χ3n) is 3.78. The summed E-state index contributed by atoms with van der Waals surface area (Å²) in [6.07, 6.45) is 2.43. The molecule has 90 valence electrons. The summed E-state index contributed by atoms with van der Waals surface area (Å²) in [5.74, 6) is 1.39. The lowest BCUT2D eigenvalue weighted by molar-refractivity contribution is 0.0479. The van der Waals surface area contributed by atoms with Crippen LogP contribution in [-0.4, -0.2) is 44.3 Å². The van der Waals surface area contributed by atoms with Crippen molar-refractivity contribution in [2.75, 3.05) is 33.4 Å². The normalized spacial score (nSPS) is 23.0. The predicted octanol–water partition coefficient (Wildman–Crippen LogP) is 1.33. The number of hydrogen-bond donors (Lipinski definition) is 1. The molecule has 0 saturated carbocycles. The molecule has 0 aromatic carbocycles. The Morgan fingerprint density at radius 2 is 1.93 bits per heavy atom. The molecule has 15 heavy (non-hydrogen) atoms. The van der Waals surface area contributed by atoms with Crippen LogP contribution in [0.25, 0.3) is 0 Å². The van der Waals surface area contributed by atoms with Crippen molar-refractivity contribution in [2.45, 2.75) is 32.7 Å². The highest BCUT2D eigenvalue weighted by molar-refractivity contribution is 4.74. The highest BCUT2D eigenvalue weighted by Gasteiger charge is 2.20. The topological polar surface area (TPSA) is 38.5 Å². The second-order valence-electron chi connectivity index (χ2n) is 4.95. The fourth-order valence-electron chi connectivity index (χ4n) is 2.13. The van der Waals surface area contributed by atoms with Gasteiger partial charge in [-0.2, -0.15) is 0 Å². The summed E-state index contributed by atoms with van der Waals surface area (Å²) < 4.78 is 5.37. The Labute approximate surface area is 94.0 Å². The molecule has 1 saturated heterocycles. The van der Waals surface area contributed by atoms with Gasteiger partial charge in [0, 0.05) is 25.8 Å². The number of ether oxygens (including phenoxy) is 1. The van der Waals surface area contributed by atoms with Gasteiger partial charge in [0.05, 0.1) is 0 Å². The minimum Gasteiger partial charge on any atom is -0.381 e. The van der Waals surface area contributed by atoms with Crippen LogP contribution in [0.3, 0.4) is 0 Å². The molecular weight excluding hydrogens is 188 g/mol. The van der Waals surface area contributed by atoms with E-state index in [4.69, 9.17) is 10.5 Å². The van der Waals surface area contributed by atoms with Crippen molar-refractivity contribution in [1.29, 1.82) is 0 Å². The van der Waals surface area contributed by atoms with Crippen LogP contribution in [0.5, 0.6) is 0 Å². The maximum atomic E-state index is 5.70. The zero-order valence-electron chi connectivity index (χ0n) is 10.4. The standard InChI is InChI=1S/C12H26N2O/c1-10(8-13)11(2)14(3)9-12-4-6-15-7-5-12/h10-12H,4-9,13H2,1-3H3. The van der Waals surface area contributed by atoms with Gasteiger partial charge >= 0.3 is 0 Å². The SMILES string of the molecule is CC(CN)C(C)N(C)CC1CCOCC1. The van der Waals surface area contributed by atoms with Gasteiger partial charge in [-0.15, -0.1) is 0 Å². The van der Waals surface area contributed by atoms with Gasteiger partial charge in [-0.05, 0) is 45.2 Å². The van der Waals surface area contributed by atoms with Crippen LogP contribution in [0.2, 0.25) is 0 Å². The number of rotatable bonds is 5. The van der Waals surface area contributed by atoms with Crippen LogP contribution in [0.15, 0.2) is 0 Å². The molecule has 2 unspecified atom stereocenters. The smallest absolute Gasteiger partial charge is 0.0469 e. The zero-order valence-corrected chi connectivity index (χ0v) is 10.4. The van der Waals surface area contributed by atoms with Gasteiger partial charge < -0.3 is 15.4 Å². The molecule has 1 rings (SSSR count). The van der Waals surface area contributed by atoms with Crippen molar-refractivity contribution in [3.63, 3.8) is 0 Å². The second kappa shape index (κ2) is 6.46. The van der Waals surface area contributed by atoms with Gasteiger partial charge in [0.2, 0.25) is 0 Å². The number of nitrogens with zero attached hydrogens (tertiary/aromatic N) is 1. The van der Waals surface area contributed by atoms with Crippen LogP contribution >= 0.6 is 0 Å². The van der Waals surface area contributed by atoms with E-state index < -0.39 is 0 Å². The molecule has 1 heterocycles. The Kier molecular flexibility index (Phi) is 5.58. The Morgan fingerprint density at radius 3 is 2.47 bits per heavy atom. The first-order valence-corrected chi connectivity index (χ1v) is 6.13. The quantitative estimate of drug-likeness (QED) is 0.750. The van der Waals surface area contributed by atoms with E-state index in [-0.39, 0.29) is 0 Å². The van der Waals surface area contributed by atoms with E-state index in [9.17, 15) is 0 Å². The lowest BCUT2D eigenvalue weighted by atomic mass is 9.97. The van der Waals surface area contributed by atoms with Gasteiger partial charge in [-0.3, -0.25) is 0 Å². The maximum Gasteiger partial charge on any atom is 0.0469 e. The molecule has 0 radical (unpaired) electrons. The molecule has 0 amide bonds. The molecule has 2 atom stereocenters. The lowest BCUT2D eigenvalue weighted by Gasteiger charge is -2.33. The summed E-state index contributed by atoms with van der Waals surface area (Å²) in [5.41, 5.74) is 5.70. The van der Waals surface area contributed by atoms with E-state index in [1.165, 1.54) is 19.4 Å². The van der Waals surface area contributed by atoms with Gasteiger partial charge in [-0.25, -0.2) is 0 Å². The summed E-state index contributed by atoms with van der Waals surface area (Å²) in [6, 6.07) is 0.581. The summed E-state index contributed by atoms with van der Waals surface area (Å²) in [5, 5.41) is 0. The van der Waals surface area contributed by atoms with E-state index in [1.807, 2.05) is 0 Å². The molecular formula is C12H26N2O. The van der Waals surface area contributed by atoms with Gasteiger partial charge in [-0.1, -0.05) is 6.92 Å². The van der Waals surface area contributed by atoms with Crippen LogP contribution in [0, 0.1) is 11.8 Å². The van der Waals surface area contributed by atoms with Crippen molar-refractivity contribution in [3.8, 4) is 0 Å². The van der Waals surface area contributed by atoms with E-state index in [0.717, 1.165) is 25.7 Å². The summed E-state index contributed by atoms with van der Waals surface area (Å²) in [6.45, 7) is 8.36. The molecule has 0 aromatic rings. The highest BCUT2D eigenvalue weighted by atomic mass is 16.5. The monoisotopic (exact) mass is 214 g/mol. The molecule has 1 fully saturated rings. The predicted molar refractivity (Wildman–Crippen MR) is 63.9 cm³/mol. The number of nitrogens with two attached hydrogens (primary N) is 1. The Balaban J connectivity index is 2.29. The first kappa shape index (κ1) is 12.9. The number of hydrogen-bond acceptors (Lipinski definition) is 3. The molecule has 0 aromatic heterocycles. The van der Waals surface area contributed by atoms with Crippen molar-refractivity contribution >= 4 is 0 Å². The van der Waals surface area contributed by atoms with E-state index >= 15 is 0 Å². The van der Waals surface area contributed by atoms with E-state index in [1.54, 1.807) is 0 Å². The molecule has 3 heteroatoms. The molecule has 1 aliphatic rings. The third kappa shape index (κ3) is 4.09. The second-order valence-corrected chi connectivity index (χ2v) is 4.95. The van der Waals surface area contributed by atoms with Crippen molar-refractivity contribution in [3.05, 3.63) is 0 Å². The first-order chi connectivity index (χ1) is 7.15. The average Bonchev–Trinajstić information content (AvgIpc) is 2.28. The summed E-state index contributed by atoms with van der Waals surface area (Å²) in [7, 11) is 2.21.